The van der Waals surface area contributed by atoms with Crippen LogP contribution in [0.15, 0.2) is 45.7 Å². The number of halogens is 1. The molecule has 1 N–H and O–H groups in total. The smallest absolute Gasteiger partial charge is 0.291 e. The van der Waals surface area contributed by atoms with Crippen molar-refractivity contribution in [3.63, 3.8) is 0 Å². The number of sulfonamides is 1. The number of furan rings is 1. The Morgan fingerprint density at radius 1 is 1.15 bits per heavy atom. The average molecular weight is 491 g/mol. The van der Waals surface area contributed by atoms with E-state index in [-0.39, 0.29) is 10.7 Å². The van der Waals surface area contributed by atoms with Gasteiger partial charge in [0.2, 0.25) is 10.0 Å². The van der Waals surface area contributed by atoms with Crippen molar-refractivity contribution < 1.29 is 22.4 Å². The molecule has 176 valence electrons. The molecule has 1 aliphatic heterocycles. The van der Waals surface area contributed by atoms with Gasteiger partial charge in [-0.25, -0.2) is 8.42 Å². The monoisotopic (exact) mass is 490 g/mol. The number of carbonyl (C=O) groups excluding carboxylic acids is 1. The molecule has 1 aromatic heterocycles. The Morgan fingerprint density at radius 3 is 2.48 bits per heavy atom. The number of hydrogen-bond donors (Lipinski definition) is 1. The van der Waals surface area contributed by atoms with Crippen molar-refractivity contribution in [2.24, 2.45) is 11.8 Å². The lowest BCUT2D eigenvalue weighted by molar-refractivity contribution is 0.0998. The van der Waals surface area contributed by atoms with Gasteiger partial charge in [-0.2, -0.15) is 4.31 Å². The molecule has 33 heavy (non-hydrogen) atoms. The summed E-state index contributed by atoms with van der Waals surface area (Å²) >= 11 is 6.14. The molecule has 0 radical (unpaired) electrons. The van der Waals surface area contributed by atoms with Crippen LogP contribution in [0.25, 0.3) is 11.0 Å². The lowest BCUT2D eigenvalue weighted by Gasteiger charge is -2.34. The summed E-state index contributed by atoms with van der Waals surface area (Å²) in [6.45, 7) is 6.90. The van der Waals surface area contributed by atoms with Crippen LogP contribution in [0.2, 0.25) is 5.02 Å². The summed E-state index contributed by atoms with van der Waals surface area (Å²) in [5, 5.41) is 3.72. The van der Waals surface area contributed by atoms with Crippen LogP contribution in [0.1, 0.15) is 36.4 Å². The second-order valence-electron chi connectivity index (χ2n) is 8.79. The zero-order valence-corrected chi connectivity index (χ0v) is 20.6. The fourth-order valence-electron chi connectivity index (χ4n) is 4.46. The van der Waals surface area contributed by atoms with E-state index in [1.54, 1.807) is 41.6 Å². The molecule has 0 bridgehead atoms. The van der Waals surface area contributed by atoms with Crippen LogP contribution in [0.3, 0.4) is 0 Å². The van der Waals surface area contributed by atoms with E-state index in [2.05, 4.69) is 19.2 Å². The highest BCUT2D eigenvalue weighted by atomic mass is 35.5. The van der Waals surface area contributed by atoms with Gasteiger partial charge >= 0.3 is 0 Å². The number of aryl methyl sites for hydroxylation is 1. The van der Waals surface area contributed by atoms with Crippen molar-refractivity contribution in [2.45, 2.75) is 32.1 Å². The van der Waals surface area contributed by atoms with Crippen LogP contribution in [0.4, 0.5) is 5.69 Å². The van der Waals surface area contributed by atoms with Gasteiger partial charge in [-0.1, -0.05) is 25.4 Å². The predicted octanol–water partition coefficient (Wildman–Crippen LogP) is 5.32. The molecule has 4 rings (SSSR count). The third-order valence-electron chi connectivity index (χ3n) is 6.00. The maximum absolute atomic E-state index is 13.3. The van der Waals surface area contributed by atoms with Crippen molar-refractivity contribution in [1.82, 2.24) is 4.31 Å². The molecule has 9 heteroatoms. The molecule has 0 spiro atoms. The molecule has 1 saturated heterocycles. The number of fused-ring (bicyclic) bond motifs is 1. The molecule has 1 aliphatic rings. The Kier molecular flexibility index (Phi) is 6.44. The first kappa shape index (κ1) is 23.6. The van der Waals surface area contributed by atoms with E-state index in [0.29, 0.717) is 57.9 Å². The van der Waals surface area contributed by atoms with Gasteiger partial charge < -0.3 is 14.5 Å². The molecule has 7 nitrogen and oxygen atoms in total. The zero-order valence-electron chi connectivity index (χ0n) is 19.0. The SMILES string of the molecule is COc1ccc(NC(=O)c2oc3ccc(S(=O)(=O)N4C[C@H](C)C[C@@H](C)C4)cc3c2C)cc1Cl. The molecular weight excluding hydrogens is 464 g/mol. The molecule has 1 fully saturated rings. The number of rotatable bonds is 5. The second kappa shape index (κ2) is 9.00. The lowest BCUT2D eigenvalue weighted by Crippen LogP contribution is -2.42. The van der Waals surface area contributed by atoms with Crippen molar-refractivity contribution in [3.05, 3.63) is 52.7 Å². The number of carbonyl (C=O) groups is 1. The summed E-state index contributed by atoms with van der Waals surface area (Å²) in [6, 6.07) is 9.65. The minimum Gasteiger partial charge on any atom is -0.495 e. The molecule has 2 heterocycles. The van der Waals surface area contributed by atoms with Crippen LogP contribution in [-0.4, -0.2) is 38.8 Å². The van der Waals surface area contributed by atoms with E-state index in [1.165, 1.54) is 13.2 Å². The van der Waals surface area contributed by atoms with Gasteiger partial charge in [-0.05, 0) is 61.6 Å². The number of nitrogens with zero attached hydrogens (tertiary/aromatic N) is 1. The zero-order chi connectivity index (χ0) is 23.9. The van der Waals surface area contributed by atoms with Gasteiger partial charge in [0.1, 0.15) is 11.3 Å². The number of amides is 1. The molecule has 2 aromatic carbocycles. The predicted molar refractivity (Wildman–Crippen MR) is 129 cm³/mol. The van der Waals surface area contributed by atoms with Gasteiger partial charge in [-0.3, -0.25) is 4.79 Å². The van der Waals surface area contributed by atoms with Crippen LogP contribution in [0.5, 0.6) is 5.75 Å². The van der Waals surface area contributed by atoms with Crippen LogP contribution in [-0.2, 0) is 10.0 Å². The average Bonchev–Trinajstić information content (AvgIpc) is 3.09. The van der Waals surface area contributed by atoms with E-state index in [9.17, 15) is 13.2 Å². The first-order valence-corrected chi connectivity index (χ1v) is 12.6. The largest absolute Gasteiger partial charge is 0.495 e. The van der Waals surface area contributed by atoms with Crippen molar-refractivity contribution in [1.29, 1.82) is 0 Å². The first-order valence-electron chi connectivity index (χ1n) is 10.8. The number of ether oxygens (including phenoxy) is 1. The van der Waals surface area contributed by atoms with Crippen molar-refractivity contribution in [3.8, 4) is 5.75 Å². The molecule has 0 aliphatic carbocycles. The Bertz CT molecular complexity index is 1310. The molecular formula is C24H27ClN2O5S. The summed E-state index contributed by atoms with van der Waals surface area (Å²) in [5.41, 5.74) is 1.51. The topological polar surface area (TPSA) is 88.8 Å². The normalized spacial score (nSPS) is 19.5. The third-order valence-corrected chi connectivity index (χ3v) is 8.12. The molecule has 0 unspecified atom stereocenters. The highest BCUT2D eigenvalue weighted by Gasteiger charge is 2.32. The van der Waals surface area contributed by atoms with E-state index in [1.807, 2.05) is 0 Å². The number of benzene rings is 2. The van der Waals surface area contributed by atoms with E-state index >= 15 is 0 Å². The van der Waals surface area contributed by atoms with Gasteiger partial charge in [0.05, 0.1) is 17.0 Å². The lowest BCUT2D eigenvalue weighted by atomic mass is 9.94. The van der Waals surface area contributed by atoms with Gasteiger partial charge in [0, 0.05) is 29.7 Å². The Labute approximate surface area is 198 Å². The maximum Gasteiger partial charge on any atom is 0.291 e. The summed E-state index contributed by atoms with van der Waals surface area (Å²) in [5.74, 6) is 0.787. The Hall–Kier alpha value is -2.55. The van der Waals surface area contributed by atoms with Crippen LogP contribution < -0.4 is 10.1 Å². The summed E-state index contributed by atoms with van der Waals surface area (Å²) in [4.78, 5) is 13.1. The Morgan fingerprint density at radius 2 is 1.85 bits per heavy atom. The number of piperidine rings is 1. The van der Waals surface area contributed by atoms with Crippen LogP contribution >= 0.6 is 11.6 Å². The van der Waals surface area contributed by atoms with Crippen molar-refractivity contribution >= 4 is 44.2 Å². The molecule has 2 atom stereocenters. The summed E-state index contributed by atoms with van der Waals surface area (Å²) < 4.78 is 39.0. The summed E-state index contributed by atoms with van der Waals surface area (Å²) in [7, 11) is -2.13. The quantitative estimate of drug-likeness (QED) is 0.522. The van der Waals surface area contributed by atoms with Gasteiger partial charge in [0.15, 0.2) is 5.76 Å². The number of methoxy groups -OCH3 is 1. The minimum absolute atomic E-state index is 0.117. The fourth-order valence-corrected chi connectivity index (χ4v) is 6.42. The van der Waals surface area contributed by atoms with E-state index < -0.39 is 15.9 Å². The standard InChI is InChI=1S/C24H27ClN2O5S/c1-14-9-15(2)13-27(12-14)33(29,30)18-6-8-21-19(11-18)16(3)23(32-21)24(28)26-17-5-7-22(31-4)20(25)10-17/h5-8,10-11,14-15H,9,12-13H2,1-4H3,(H,26,28)/t14-,15-/m1/s1. The number of nitrogens with one attached hydrogen (secondary N) is 1. The highest BCUT2D eigenvalue weighted by Crippen LogP contribution is 2.32. The van der Waals surface area contributed by atoms with Gasteiger partial charge in [-0.15, -0.1) is 0 Å². The third kappa shape index (κ3) is 4.60. The maximum atomic E-state index is 13.3. The number of anilines is 1. The Balaban J connectivity index is 1.63. The fraction of sp³-hybridized carbons (Fsp3) is 0.375. The molecule has 0 saturated carbocycles. The number of hydrogen-bond acceptors (Lipinski definition) is 5. The van der Waals surface area contributed by atoms with Crippen LogP contribution in [0, 0.1) is 18.8 Å². The molecule has 3 aromatic rings. The first-order chi connectivity index (χ1) is 15.6. The minimum atomic E-state index is -3.64. The second-order valence-corrected chi connectivity index (χ2v) is 11.1. The van der Waals surface area contributed by atoms with E-state index in [4.69, 9.17) is 20.8 Å². The van der Waals surface area contributed by atoms with E-state index in [0.717, 1.165) is 6.42 Å². The molecule has 1 amide bonds. The van der Waals surface area contributed by atoms with Gasteiger partial charge in [0.25, 0.3) is 5.91 Å². The van der Waals surface area contributed by atoms with Crippen molar-refractivity contribution in [2.75, 3.05) is 25.5 Å². The highest BCUT2D eigenvalue weighted by molar-refractivity contribution is 7.89. The summed E-state index contributed by atoms with van der Waals surface area (Å²) in [6.07, 6.45) is 1.02.